The number of ketones is 1. The number of quaternary nitrogens is 1. The summed E-state index contributed by atoms with van der Waals surface area (Å²) in [6, 6.07) is 11.0. The first-order valence-corrected chi connectivity index (χ1v) is 12.2. The number of nitro groups is 1. The molecule has 0 spiro atoms. The normalized spacial score (nSPS) is 19.7. The molecule has 2 aromatic rings. The molecule has 1 unspecified atom stereocenters. The van der Waals surface area contributed by atoms with E-state index < -0.39 is 28.4 Å². The summed E-state index contributed by atoms with van der Waals surface area (Å²) in [5.74, 6) is -1.72. The lowest BCUT2D eigenvalue weighted by Gasteiger charge is -2.29. The second kappa shape index (κ2) is 11.8. The van der Waals surface area contributed by atoms with Crippen LogP contribution in [0.25, 0.3) is 5.76 Å². The number of likely N-dealkylation sites (tertiary alicyclic amines) is 1. The van der Waals surface area contributed by atoms with Crippen LogP contribution >= 0.6 is 0 Å². The van der Waals surface area contributed by atoms with Crippen molar-refractivity contribution in [3.8, 4) is 5.75 Å². The highest BCUT2D eigenvalue weighted by Gasteiger charge is 2.44. The maximum absolute atomic E-state index is 13.6. The number of rotatable bonds is 10. The van der Waals surface area contributed by atoms with E-state index in [1.807, 2.05) is 0 Å². The molecule has 1 amide bonds. The molecule has 2 heterocycles. The van der Waals surface area contributed by atoms with E-state index in [0.29, 0.717) is 37.6 Å². The Morgan fingerprint density at radius 3 is 2.59 bits per heavy atom. The predicted molar refractivity (Wildman–Crippen MR) is 133 cm³/mol. The van der Waals surface area contributed by atoms with E-state index in [0.717, 1.165) is 19.6 Å². The molecule has 37 heavy (non-hydrogen) atoms. The van der Waals surface area contributed by atoms with Gasteiger partial charge in [0.05, 0.1) is 30.7 Å². The number of morpholine rings is 1. The van der Waals surface area contributed by atoms with Gasteiger partial charge in [-0.2, -0.15) is 0 Å². The molecular formula is C27H29N3O7. The molecule has 2 fully saturated rings. The van der Waals surface area contributed by atoms with Crippen molar-refractivity contribution in [1.29, 1.82) is 0 Å². The smallest absolute Gasteiger partial charge is 0.295 e. The number of carbonyl (C=O) groups excluding carboxylic acids is 2. The molecule has 2 aliphatic rings. The maximum Gasteiger partial charge on any atom is 0.295 e. The van der Waals surface area contributed by atoms with Gasteiger partial charge >= 0.3 is 0 Å². The zero-order valence-electron chi connectivity index (χ0n) is 20.4. The van der Waals surface area contributed by atoms with Gasteiger partial charge in [-0.15, -0.1) is 0 Å². The van der Waals surface area contributed by atoms with Crippen molar-refractivity contribution < 1.29 is 34.0 Å². The van der Waals surface area contributed by atoms with Gasteiger partial charge in [0.25, 0.3) is 11.6 Å². The van der Waals surface area contributed by atoms with Gasteiger partial charge in [-0.05, 0) is 23.3 Å². The Morgan fingerprint density at radius 2 is 1.92 bits per heavy atom. The predicted octanol–water partition coefficient (Wildman–Crippen LogP) is 0.689. The van der Waals surface area contributed by atoms with E-state index >= 15 is 0 Å². The van der Waals surface area contributed by atoms with E-state index in [1.165, 1.54) is 40.1 Å². The number of nitro benzene ring substituents is 1. The molecule has 10 nitrogen and oxygen atoms in total. The Bertz CT molecular complexity index is 1200. The van der Waals surface area contributed by atoms with Crippen LogP contribution in [0, 0.1) is 10.1 Å². The van der Waals surface area contributed by atoms with Crippen molar-refractivity contribution in [3.63, 3.8) is 0 Å². The monoisotopic (exact) mass is 507 g/mol. The number of hydrogen-bond acceptors (Lipinski definition) is 7. The quantitative estimate of drug-likeness (QED) is 0.125. The highest BCUT2D eigenvalue weighted by molar-refractivity contribution is 6.46. The SMILES string of the molecule is C=CCOc1ccc(C([O-])=C2C(=O)C(=O)N(CCC[NH+]3CCOCC3)C2c2cccc([N+](=O)[O-])c2)cc1. The number of Topliss-reactive ketones (excluding diaryl/α,β-unsaturated/α-hetero) is 1. The van der Waals surface area contributed by atoms with Crippen LogP contribution in [-0.2, 0) is 14.3 Å². The van der Waals surface area contributed by atoms with Crippen LogP contribution in [0.2, 0.25) is 0 Å². The van der Waals surface area contributed by atoms with Crippen LogP contribution in [-0.4, -0.2) is 67.5 Å². The fraction of sp³-hybridized carbons (Fsp3) is 0.333. The Balaban J connectivity index is 1.68. The van der Waals surface area contributed by atoms with Crippen molar-refractivity contribution in [2.24, 2.45) is 0 Å². The molecule has 2 saturated heterocycles. The fourth-order valence-corrected chi connectivity index (χ4v) is 4.68. The average Bonchev–Trinajstić information content (AvgIpc) is 3.17. The van der Waals surface area contributed by atoms with Gasteiger partial charge in [0.1, 0.15) is 25.4 Å². The van der Waals surface area contributed by atoms with E-state index in [2.05, 4.69) is 6.58 Å². The molecule has 2 aromatic carbocycles. The second-order valence-corrected chi connectivity index (χ2v) is 8.92. The van der Waals surface area contributed by atoms with Crippen LogP contribution in [0.1, 0.15) is 23.6 Å². The summed E-state index contributed by atoms with van der Waals surface area (Å²) in [4.78, 5) is 39.9. The van der Waals surface area contributed by atoms with Crippen LogP contribution in [0.4, 0.5) is 5.69 Å². The molecule has 0 bridgehead atoms. The molecule has 194 valence electrons. The molecule has 0 saturated carbocycles. The average molecular weight is 508 g/mol. The van der Waals surface area contributed by atoms with Gasteiger partial charge < -0.3 is 24.4 Å². The van der Waals surface area contributed by atoms with Crippen LogP contribution in [0.3, 0.4) is 0 Å². The van der Waals surface area contributed by atoms with Crippen LogP contribution in [0.5, 0.6) is 5.75 Å². The van der Waals surface area contributed by atoms with Gasteiger partial charge in [-0.3, -0.25) is 19.7 Å². The van der Waals surface area contributed by atoms with Gasteiger partial charge in [-0.25, -0.2) is 0 Å². The maximum atomic E-state index is 13.6. The Hall–Kier alpha value is -4.02. The highest BCUT2D eigenvalue weighted by atomic mass is 16.6. The van der Waals surface area contributed by atoms with Crippen molar-refractivity contribution in [2.75, 3.05) is 46.0 Å². The Morgan fingerprint density at radius 1 is 1.19 bits per heavy atom. The minimum Gasteiger partial charge on any atom is -0.872 e. The second-order valence-electron chi connectivity index (χ2n) is 8.92. The van der Waals surface area contributed by atoms with E-state index in [9.17, 15) is 24.8 Å². The van der Waals surface area contributed by atoms with E-state index in [1.54, 1.807) is 24.3 Å². The van der Waals surface area contributed by atoms with Crippen molar-refractivity contribution in [3.05, 3.63) is 88.0 Å². The Kier molecular flexibility index (Phi) is 8.32. The summed E-state index contributed by atoms with van der Waals surface area (Å²) in [7, 11) is 0. The van der Waals surface area contributed by atoms with E-state index in [4.69, 9.17) is 9.47 Å². The first-order valence-electron chi connectivity index (χ1n) is 12.2. The first kappa shape index (κ1) is 26.1. The van der Waals surface area contributed by atoms with Gasteiger partial charge in [0, 0.05) is 30.7 Å². The van der Waals surface area contributed by atoms with Crippen molar-refractivity contribution in [1.82, 2.24) is 4.90 Å². The lowest BCUT2D eigenvalue weighted by Crippen LogP contribution is -3.14. The highest BCUT2D eigenvalue weighted by Crippen LogP contribution is 2.39. The molecule has 10 heteroatoms. The van der Waals surface area contributed by atoms with Crippen LogP contribution in [0.15, 0.2) is 66.8 Å². The van der Waals surface area contributed by atoms with Gasteiger partial charge in [0.15, 0.2) is 0 Å². The summed E-state index contributed by atoms with van der Waals surface area (Å²) in [5, 5.41) is 25.0. The third-order valence-corrected chi connectivity index (χ3v) is 6.54. The topological polar surface area (TPSA) is 126 Å². The summed E-state index contributed by atoms with van der Waals surface area (Å²) in [6.07, 6.45) is 2.20. The zero-order chi connectivity index (χ0) is 26.4. The molecule has 1 N–H and O–H groups in total. The molecule has 0 radical (unpaired) electrons. The van der Waals surface area contributed by atoms with Crippen molar-refractivity contribution in [2.45, 2.75) is 12.5 Å². The number of non-ortho nitro benzene ring substituents is 1. The summed E-state index contributed by atoms with van der Waals surface area (Å²) in [5.41, 5.74) is 0.181. The number of carbonyl (C=O) groups is 2. The summed E-state index contributed by atoms with van der Waals surface area (Å²) >= 11 is 0. The third-order valence-electron chi connectivity index (χ3n) is 6.54. The number of amides is 1. The first-order chi connectivity index (χ1) is 17.9. The van der Waals surface area contributed by atoms with Gasteiger partial charge in [-0.1, -0.05) is 42.7 Å². The summed E-state index contributed by atoms with van der Waals surface area (Å²) in [6.45, 7) is 8.00. The zero-order valence-corrected chi connectivity index (χ0v) is 20.4. The molecule has 2 aliphatic heterocycles. The standard InChI is InChI=1S/C27H29N3O7/c1-2-15-37-22-9-7-19(8-10-22)25(31)23-24(20-5-3-6-21(18-20)30(34)35)29(27(33)26(23)32)12-4-11-28-13-16-36-17-14-28/h2-3,5-10,18,24,31H,1,4,11-17H2. The minimum absolute atomic E-state index is 0.183. The van der Waals surface area contributed by atoms with Gasteiger partial charge in [0.2, 0.25) is 5.78 Å². The molecule has 4 rings (SSSR count). The molecule has 1 atom stereocenters. The number of benzene rings is 2. The van der Waals surface area contributed by atoms with E-state index in [-0.39, 0.29) is 23.4 Å². The Labute approximate surface area is 214 Å². The molecule has 0 aliphatic carbocycles. The molecular weight excluding hydrogens is 478 g/mol. The minimum atomic E-state index is -1.01. The summed E-state index contributed by atoms with van der Waals surface area (Å²) < 4.78 is 10.8. The number of hydrogen-bond donors (Lipinski definition) is 1. The lowest BCUT2D eigenvalue weighted by molar-refractivity contribution is -0.908. The largest absolute Gasteiger partial charge is 0.872 e. The number of nitrogens with one attached hydrogen (secondary N) is 1. The van der Waals surface area contributed by atoms with Crippen molar-refractivity contribution >= 4 is 23.1 Å². The molecule has 0 aromatic heterocycles. The number of ether oxygens (including phenoxy) is 2. The van der Waals surface area contributed by atoms with Crippen LogP contribution < -0.4 is 14.7 Å². The number of nitrogens with zero attached hydrogens (tertiary/aromatic N) is 2. The fourth-order valence-electron chi connectivity index (χ4n) is 4.68. The lowest BCUT2D eigenvalue weighted by atomic mass is 9.95. The third kappa shape index (κ3) is 5.87.